The molecular formula is C12H15ClN4. The molecule has 0 aliphatic heterocycles. The van der Waals surface area contributed by atoms with Crippen LogP contribution in [0.1, 0.15) is 11.5 Å². The summed E-state index contributed by atoms with van der Waals surface area (Å²) in [7, 11) is 4.02. The molecule has 4 nitrogen and oxygen atoms in total. The van der Waals surface area contributed by atoms with Gasteiger partial charge in [-0.3, -0.25) is 4.98 Å². The number of pyridine rings is 1. The average Bonchev–Trinajstić information content (AvgIpc) is 2.75. The van der Waals surface area contributed by atoms with E-state index in [1.165, 1.54) is 0 Å². The Balaban J connectivity index is 2.14. The Kier molecular flexibility index (Phi) is 3.64. The minimum atomic E-state index is 0.435. The summed E-state index contributed by atoms with van der Waals surface area (Å²) in [6, 6.07) is 3.97. The van der Waals surface area contributed by atoms with Crippen LogP contribution in [0.4, 0.5) is 5.69 Å². The highest BCUT2D eigenvalue weighted by Crippen LogP contribution is 2.15. The molecule has 2 heterocycles. The summed E-state index contributed by atoms with van der Waals surface area (Å²) in [5.41, 5.74) is 1.98. The van der Waals surface area contributed by atoms with E-state index < -0.39 is 0 Å². The first-order valence-electron chi connectivity index (χ1n) is 5.39. The monoisotopic (exact) mass is 250 g/mol. The van der Waals surface area contributed by atoms with Crippen molar-refractivity contribution < 1.29 is 0 Å². The molecule has 0 atom stereocenters. The van der Waals surface area contributed by atoms with E-state index in [4.69, 9.17) is 11.6 Å². The van der Waals surface area contributed by atoms with Crippen molar-refractivity contribution in [1.29, 1.82) is 0 Å². The Labute approximate surface area is 106 Å². The topological polar surface area (TPSA) is 34.0 Å². The van der Waals surface area contributed by atoms with Gasteiger partial charge in [0.25, 0.3) is 0 Å². The van der Waals surface area contributed by atoms with Gasteiger partial charge in [-0.2, -0.15) is 0 Å². The Bertz CT molecular complexity index is 495. The molecule has 0 amide bonds. The maximum absolute atomic E-state index is 5.77. The van der Waals surface area contributed by atoms with Crippen molar-refractivity contribution in [2.24, 2.45) is 7.05 Å². The number of hydrogen-bond acceptors (Lipinski definition) is 3. The number of nitrogens with zero attached hydrogens (tertiary/aromatic N) is 4. The van der Waals surface area contributed by atoms with E-state index in [1.807, 2.05) is 37.0 Å². The SMILES string of the molecule is CN(Cc1nccn1C)c1ccnc(CCl)c1. The van der Waals surface area contributed by atoms with Crippen LogP contribution in [0.3, 0.4) is 0 Å². The van der Waals surface area contributed by atoms with E-state index in [9.17, 15) is 0 Å². The zero-order valence-electron chi connectivity index (χ0n) is 9.97. The minimum Gasteiger partial charge on any atom is -0.367 e. The molecule has 2 aromatic heterocycles. The number of halogens is 1. The van der Waals surface area contributed by atoms with Crippen molar-refractivity contribution in [2.45, 2.75) is 12.4 Å². The van der Waals surface area contributed by atoms with Crippen LogP contribution < -0.4 is 4.90 Å². The zero-order valence-corrected chi connectivity index (χ0v) is 10.7. The molecule has 0 bridgehead atoms. The number of hydrogen-bond donors (Lipinski definition) is 0. The fourth-order valence-electron chi connectivity index (χ4n) is 1.63. The van der Waals surface area contributed by atoms with Crippen molar-refractivity contribution in [1.82, 2.24) is 14.5 Å². The van der Waals surface area contributed by atoms with Crippen molar-refractivity contribution in [3.8, 4) is 0 Å². The van der Waals surface area contributed by atoms with Gasteiger partial charge < -0.3 is 9.47 Å². The van der Waals surface area contributed by atoms with E-state index in [0.717, 1.165) is 23.8 Å². The maximum Gasteiger partial charge on any atom is 0.127 e. The number of aryl methyl sites for hydroxylation is 1. The summed E-state index contributed by atoms with van der Waals surface area (Å²) in [5.74, 6) is 1.46. The normalized spacial score (nSPS) is 10.5. The van der Waals surface area contributed by atoms with Crippen LogP contribution in [-0.4, -0.2) is 21.6 Å². The quantitative estimate of drug-likeness (QED) is 0.780. The fourth-order valence-corrected chi connectivity index (χ4v) is 1.77. The number of aromatic nitrogens is 3. The Morgan fingerprint density at radius 3 is 2.82 bits per heavy atom. The van der Waals surface area contributed by atoms with Crippen LogP contribution in [-0.2, 0) is 19.5 Å². The van der Waals surface area contributed by atoms with Gasteiger partial charge in [-0.1, -0.05) is 0 Å². The molecule has 0 spiro atoms. The molecule has 0 aliphatic rings. The van der Waals surface area contributed by atoms with Gasteiger partial charge in [-0.05, 0) is 12.1 Å². The van der Waals surface area contributed by atoms with Crippen LogP contribution in [0, 0.1) is 0 Å². The van der Waals surface area contributed by atoms with E-state index in [0.29, 0.717) is 5.88 Å². The number of alkyl halides is 1. The highest BCUT2D eigenvalue weighted by atomic mass is 35.5. The van der Waals surface area contributed by atoms with Crippen molar-refractivity contribution in [3.63, 3.8) is 0 Å². The largest absolute Gasteiger partial charge is 0.367 e. The first kappa shape index (κ1) is 11.9. The molecule has 0 saturated carbocycles. The molecule has 5 heteroatoms. The minimum absolute atomic E-state index is 0.435. The first-order chi connectivity index (χ1) is 8.20. The van der Waals surface area contributed by atoms with Crippen molar-refractivity contribution in [2.75, 3.05) is 11.9 Å². The summed E-state index contributed by atoms with van der Waals surface area (Å²) in [5, 5.41) is 0. The average molecular weight is 251 g/mol. The summed E-state index contributed by atoms with van der Waals surface area (Å²) in [4.78, 5) is 10.6. The molecule has 0 radical (unpaired) electrons. The number of rotatable bonds is 4. The molecule has 0 unspecified atom stereocenters. The molecular weight excluding hydrogens is 236 g/mol. The van der Waals surface area contributed by atoms with E-state index >= 15 is 0 Å². The molecule has 2 rings (SSSR count). The lowest BCUT2D eigenvalue weighted by molar-refractivity contribution is 0.761. The lowest BCUT2D eigenvalue weighted by Gasteiger charge is -2.19. The van der Waals surface area contributed by atoms with Crippen LogP contribution >= 0.6 is 11.6 Å². The van der Waals surface area contributed by atoms with Gasteiger partial charge in [0.05, 0.1) is 18.1 Å². The van der Waals surface area contributed by atoms with Crippen LogP contribution in [0.2, 0.25) is 0 Å². The van der Waals surface area contributed by atoms with E-state index in [-0.39, 0.29) is 0 Å². The standard InChI is InChI=1S/C12H15ClN4/c1-16-6-5-15-12(16)9-17(2)11-3-4-14-10(7-11)8-13/h3-7H,8-9H2,1-2H3. The second kappa shape index (κ2) is 5.19. The van der Waals surface area contributed by atoms with Crippen molar-refractivity contribution >= 4 is 17.3 Å². The highest BCUT2D eigenvalue weighted by molar-refractivity contribution is 6.16. The molecule has 0 N–H and O–H groups in total. The van der Waals surface area contributed by atoms with Crippen LogP contribution in [0.25, 0.3) is 0 Å². The lowest BCUT2D eigenvalue weighted by atomic mass is 10.3. The van der Waals surface area contributed by atoms with Gasteiger partial charge >= 0.3 is 0 Å². The van der Waals surface area contributed by atoms with Gasteiger partial charge in [0.2, 0.25) is 0 Å². The molecule has 0 aliphatic carbocycles. The molecule has 17 heavy (non-hydrogen) atoms. The third-order valence-electron chi connectivity index (χ3n) is 2.68. The first-order valence-corrected chi connectivity index (χ1v) is 5.92. The van der Waals surface area contributed by atoms with Crippen LogP contribution in [0.15, 0.2) is 30.7 Å². The van der Waals surface area contributed by atoms with Gasteiger partial charge in [0, 0.05) is 38.4 Å². The van der Waals surface area contributed by atoms with Gasteiger partial charge in [-0.25, -0.2) is 4.98 Å². The molecule has 0 saturated heterocycles. The smallest absolute Gasteiger partial charge is 0.127 e. The summed E-state index contributed by atoms with van der Waals surface area (Å²) < 4.78 is 2.01. The van der Waals surface area contributed by atoms with Gasteiger partial charge in [-0.15, -0.1) is 11.6 Å². The third kappa shape index (κ3) is 2.77. The third-order valence-corrected chi connectivity index (χ3v) is 2.95. The van der Waals surface area contributed by atoms with Crippen molar-refractivity contribution in [3.05, 3.63) is 42.2 Å². The van der Waals surface area contributed by atoms with Crippen LogP contribution in [0.5, 0.6) is 0 Å². The predicted molar refractivity (Wildman–Crippen MR) is 69.1 cm³/mol. The molecule has 90 valence electrons. The van der Waals surface area contributed by atoms with Gasteiger partial charge in [0.1, 0.15) is 5.82 Å². The van der Waals surface area contributed by atoms with E-state index in [1.54, 1.807) is 12.4 Å². The summed E-state index contributed by atoms with van der Waals surface area (Å²) >= 11 is 5.77. The fraction of sp³-hybridized carbons (Fsp3) is 0.333. The Morgan fingerprint density at radius 2 is 2.18 bits per heavy atom. The second-order valence-electron chi connectivity index (χ2n) is 3.95. The molecule has 2 aromatic rings. The zero-order chi connectivity index (χ0) is 12.3. The Morgan fingerprint density at radius 1 is 1.35 bits per heavy atom. The Hall–Kier alpha value is -1.55. The molecule has 0 aromatic carbocycles. The van der Waals surface area contributed by atoms with Gasteiger partial charge in [0.15, 0.2) is 0 Å². The summed E-state index contributed by atoms with van der Waals surface area (Å²) in [6.07, 6.45) is 5.53. The highest BCUT2D eigenvalue weighted by Gasteiger charge is 2.06. The summed E-state index contributed by atoms with van der Waals surface area (Å²) in [6.45, 7) is 0.759. The number of imidazole rings is 1. The van der Waals surface area contributed by atoms with E-state index in [2.05, 4.69) is 14.9 Å². The predicted octanol–water partition coefficient (Wildman–Crippen LogP) is 2.19. The lowest BCUT2D eigenvalue weighted by Crippen LogP contribution is -2.19. The maximum atomic E-state index is 5.77. The molecule has 0 fully saturated rings. The number of anilines is 1. The second-order valence-corrected chi connectivity index (χ2v) is 4.22.